The highest BCUT2D eigenvalue weighted by Crippen LogP contribution is 2.17. The van der Waals surface area contributed by atoms with Crippen molar-refractivity contribution in [2.24, 2.45) is 0 Å². The molecule has 1 aromatic rings. The van der Waals surface area contributed by atoms with Gasteiger partial charge in [-0.3, -0.25) is 9.78 Å². The average Bonchev–Trinajstić information content (AvgIpc) is 2.40. The van der Waals surface area contributed by atoms with E-state index in [4.69, 9.17) is 4.74 Å². The molecule has 1 aromatic heterocycles. The summed E-state index contributed by atoms with van der Waals surface area (Å²) in [5.41, 5.74) is 1.11. The number of rotatable bonds is 3. The van der Waals surface area contributed by atoms with Gasteiger partial charge in [0.25, 0.3) is 0 Å². The summed E-state index contributed by atoms with van der Waals surface area (Å²) in [4.78, 5) is 17.4. The van der Waals surface area contributed by atoms with E-state index in [0.29, 0.717) is 19.6 Å². The molecule has 0 N–H and O–H groups in total. The van der Waals surface area contributed by atoms with Crippen LogP contribution in [0.4, 0.5) is 5.69 Å². The van der Waals surface area contributed by atoms with Gasteiger partial charge in [-0.05, 0) is 12.1 Å². The van der Waals surface area contributed by atoms with Crippen LogP contribution in [0.1, 0.15) is 6.42 Å². The summed E-state index contributed by atoms with van der Waals surface area (Å²) in [5.74, 6) is -0.230. The first-order chi connectivity index (χ1) is 8.29. The normalized spacial score (nSPS) is 20.1. The Kier molecular flexibility index (Phi) is 3.93. The Morgan fingerprint density at radius 2 is 2.35 bits per heavy atom. The van der Waals surface area contributed by atoms with E-state index in [-0.39, 0.29) is 12.1 Å². The maximum Gasteiger partial charge on any atom is 0.308 e. The highest BCUT2D eigenvalue weighted by atomic mass is 16.5. The first kappa shape index (κ1) is 11.9. The Bertz CT molecular complexity index is 369. The molecule has 17 heavy (non-hydrogen) atoms. The molecule has 0 aromatic carbocycles. The molecule has 1 atom stereocenters. The standard InChI is InChI=1S/C12H16N2O3/c1-16-12(15)8-11-9-14(6-7-17-11)10-2-4-13-5-3-10/h2-5,11H,6-9H2,1H3. The van der Waals surface area contributed by atoms with Gasteiger partial charge in [0.2, 0.25) is 0 Å². The third-order valence-electron chi connectivity index (χ3n) is 2.79. The number of morpholine rings is 1. The van der Waals surface area contributed by atoms with Gasteiger partial charge in [-0.15, -0.1) is 0 Å². The van der Waals surface area contributed by atoms with Crippen LogP contribution in [-0.4, -0.2) is 43.9 Å². The van der Waals surface area contributed by atoms with E-state index in [2.05, 4.69) is 14.6 Å². The molecular weight excluding hydrogens is 220 g/mol. The van der Waals surface area contributed by atoms with E-state index < -0.39 is 0 Å². The predicted octanol–water partition coefficient (Wildman–Crippen LogP) is 0.850. The third-order valence-corrected chi connectivity index (χ3v) is 2.79. The molecule has 1 unspecified atom stereocenters. The Balaban J connectivity index is 1.95. The van der Waals surface area contributed by atoms with E-state index in [1.54, 1.807) is 12.4 Å². The molecule has 1 fully saturated rings. The molecule has 1 aliphatic heterocycles. The van der Waals surface area contributed by atoms with Crippen LogP contribution in [0.25, 0.3) is 0 Å². The zero-order valence-electron chi connectivity index (χ0n) is 9.83. The summed E-state index contributed by atoms with van der Waals surface area (Å²) in [6.07, 6.45) is 3.74. The van der Waals surface area contributed by atoms with Crippen molar-refractivity contribution in [3.63, 3.8) is 0 Å². The summed E-state index contributed by atoms with van der Waals surface area (Å²) in [5, 5.41) is 0. The van der Waals surface area contributed by atoms with Crippen LogP contribution in [-0.2, 0) is 14.3 Å². The molecule has 92 valence electrons. The Hall–Kier alpha value is -1.62. The summed E-state index contributed by atoms with van der Waals surface area (Å²) >= 11 is 0. The average molecular weight is 236 g/mol. The van der Waals surface area contributed by atoms with Gasteiger partial charge in [0.1, 0.15) is 0 Å². The second-order valence-corrected chi connectivity index (χ2v) is 3.92. The number of aromatic nitrogens is 1. The van der Waals surface area contributed by atoms with Crippen LogP contribution in [0.15, 0.2) is 24.5 Å². The second-order valence-electron chi connectivity index (χ2n) is 3.92. The van der Waals surface area contributed by atoms with Gasteiger partial charge < -0.3 is 14.4 Å². The lowest BCUT2D eigenvalue weighted by atomic mass is 10.2. The van der Waals surface area contributed by atoms with Crippen LogP contribution < -0.4 is 4.90 Å². The van der Waals surface area contributed by atoms with Gasteiger partial charge in [-0.1, -0.05) is 0 Å². The number of nitrogens with zero attached hydrogens (tertiary/aromatic N) is 2. The minimum absolute atomic E-state index is 0.0932. The molecule has 0 spiro atoms. The Morgan fingerprint density at radius 1 is 1.59 bits per heavy atom. The van der Waals surface area contributed by atoms with Crippen LogP contribution in [0, 0.1) is 0 Å². The number of hydrogen-bond donors (Lipinski definition) is 0. The van der Waals surface area contributed by atoms with Crippen molar-refractivity contribution < 1.29 is 14.3 Å². The number of pyridine rings is 1. The smallest absolute Gasteiger partial charge is 0.308 e. The van der Waals surface area contributed by atoms with Crippen molar-refractivity contribution in [1.82, 2.24) is 4.98 Å². The number of methoxy groups -OCH3 is 1. The maximum atomic E-state index is 11.2. The molecule has 1 aliphatic rings. The number of hydrogen-bond acceptors (Lipinski definition) is 5. The van der Waals surface area contributed by atoms with E-state index in [1.807, 2.05) is 12.1 Å². The fraction of sp³-hybridized carbons (Fsp3) is 0.500. The lowest BCUT2D eigenvalue weighted by Crippen LogP contribution is -2.43. The van der Waals surface area contributed by atoms with Crippen molar-refractivity contribution in [3.05, 3.63) is 24.5 Å². The van der Waals surface area contributed by atoms with Crippen molar-refractivity contribution in [2.75, 3.05) is 31.7 Å². The molecule has 5 heteroatoms. The van der Waals surface area contributed by atoms with Gasteiger partial charge >= 0.3 is 5.97 Å². The van der Waals surface area contributed by atoms with Gasteiger partial charge in [0.05, 0.1) is 26.2 Å². The lowest BCUT2D eigenvalue weighted by molar-refractivity contribution is -0.144. The number of ether oxygens (including phenoxy) is 2. The van der Waals surface area contributed by atoms with Crippen LogP contribution in [0.5, 0.6) is 0 Å². The molecule has 0 radical (unpaired) electrons. The highest BCUT2D eigenvalue weighted by Gasteiger charge is 2.23. The molecule has 5 nitrogen and oxygen atoms in total. The Labute approximate surface area is 100 Å². The minimum Gasteiger partial charge on any atom is -0.469 e. The largest absolute Gasteiger partial charge is 0.469 e. The number of carbonyl (C=O) groups is 1. The van der Waals surface area contributed by atoms with E-state index in [1.165, 1.54) is 7.11 Å². The molecule has 0 saturated carbocycles. The fourth-order valence-electron chi connectivity index (χ4n) is 1.90. The topological polar surface area (TPSA) is 51.7 Å². The number of esters is 1. The van der Waals surface area contributed by atoms with Crippen molar-refractivity contribution in [1.29, 1.82) is 0 Å². The maximum absolute atomic E-state index is 11.2. The van der Waals surface area contributed by atoms with Gasteiger partial charge in [0, 0.05) is 31.2 Å². The number of carbonyl (C=O) groups excluding carboxylic acids is 1. The minimum atomic E-state index is -0.230. The van der Waals surface area contributed by atoms with Gasteiger partial charge in [-0.2, -0.15) is 0 Å². The summed E-state index contributed by atoms with van der Waals surface area (Å²) in [6, 6.07) is 3.92. The number of anilines is 1. The Morgan fingerprint density at radius 3 is 3.06 bits per heavy atom. The SMILES string of the molecule is COC(=O)CC1CN(c2ccncc2)CCO1. The molecule has 0 aliphatic carbocycles. The quantitative estimate of drug-likeness (QED) is 0.728. The molecule has 0 amide bonds. The second kappa shape index (κ2) is 5.63. The predicted molar refractivity (Wildman–Crippen MR) is 62.8 cm³/mol. The lowest BCUT2D eigenvalue weighted by Gasteiger charge is -2.34. The highest BCUT2D eigenvalue weighted by molar-refractivity contribution is 5.70. The van der Waals surface area contributed by atoms with E-state index >= 15 is 0 Å². The van der Waals surface area contributed by atoms with Crippen LogP contribution >= 0.6 is 0 Å². The zero-order chi connectivity index (χ0) is 12.1. The molecule has 1 saturated heterocycles. The van der Waals surface area contributed by atoms with Crippen LogP contribution in [0.3, 0.4) is 0 Å². The molecule has 2 rings (SSSR count). The van der Waals surface area contributed by atoms with Crippen molar-refractivity contribution in [3.8, 4) is 0 Å². The van der Waals surface area contributed by atoms with Gasteiger partial charge in [-0.25, -0.2) is 0 Å². The summed E-state index contributed by atoms with van der Waals surface area (Å²) < 4.78 is 10.2. The monoisotopic (exact) mass is 236 g/mol. The first-order valence-corrected chi connectivity index (χ1v) is 5.63. The van der Waals surface area contributed by atoms with Gasteiger partial charge in [0.15, 0.2) is 0 Å². The molecule has 0 bridgehead atoms. The van der Waals surface area contributed by atoms with Crippen molar-refractivity contribution >= 4 is 11.7 Å². The first-order valence-electron chi connectivity index (χ1n) is 5.63. The van der Waals surface area contributed by atoms with E-state index in [0.717, 1.165) is 12.2 Å². The third kappa shape index (κ3) is 3.17. The van der Waals surface area contributed by atoms with Crippen molar-refractivity contribution in [2.45, 2.75) is 12.5 Å². The zero-order valence-corrected chi connectivity index (χ0v) is 9.83. The summed E-state index contributed by atoms with van der Waals surface area (Å²) in [6.45, 7) is 2.17. The molecule has 2 heterocycles. The fourth-order valence-corrected chi connectivity index (χ4v) is 1.90. The van der Waals surface area contributed by atoms with Crippen LogP contribution in [0.2, 0.25) is 0 Å². The summed E-state index contributed by atoms with van der Waals surface area (Å²) in [7, 11) is 1.39. The van der Waals surface area contributed by atoms with E-state index in [9.17, 15) is 4.79 Å². The molecular formula is C12H16N2O3.